The molecule has 21 heavy (non-hydrogen) atoms. The first-order valence-electron chi connectivity index (χ1n) is 7.13. The second-order valence-electron chi connectivity index (χ2n) is 5.58. The molecular weight excluding hydrogens is 290 g/mol. The molecule has 6 nitrogen and oxygen atoms in total. The van der Waals surface area contributed by atoms with E-state index in [9.17, 15) is 13.2 Å². The van der Waals surface area contributed by atoms with Gasteiger partial charge in [-0.05, 0) is 43.0 Å². The lowest BCUT2D eigenvalue weighted by Gasteiger charge is -2.20. The molecule has 0 aromatic heterocycles. The van der Waals surface area contributed by atoms with Crippen molar-refractivity contribution in [3.05, 3.63) is 29.3 Å². The number of nitrogens with two attached hydrogens (primary N) is 1. The van der Waals surface area contributed by atoms with Crippen molar-refractivity contribution in [1.29, 1.82) is 0 Å². The molecule has 0 bridgehead atoms. The number of carbonyl (C=O) groups excluding carboxylic acids is 1. The SMILES string of the molecule is NCC1CCN(S(=O)(=O)c2ccc3c(c2)C(=O)NCC3)C1. The number of hydrogen-bond acceptors (Lipinski definition) is 4. The summed E-state index contributed by atoms with van der Waals surface area (Å²) in [5.41, 5.74) is 6.98. The molecule has 2 aliphatic heterocycles. The van der Waals surface area contributed by atoms with Gasteiger partial charge in [0.05, 0.1) is 4.90 Å². The van der Waals surface area contributed by atoms with Gasteiger partial charge in [0.25, 0.3) is 5.91 Å². The van der Waals surface area contributed by atoms with Crippen molar-refractivity contribution in [1.82, 2.24) is 9.62 Å². The van der Waals surface area contributed by atoms with Gasteiger partial charge >= 0.3 is 0 Å². The fraction of sp³-hybridized carbons (Fsp3) is 0.500. The smallest absolute Gasteiger partial charge is 0.251 e. The van der Waals surface area contributed by atoms with Crippen LogP contribution in [0.15, 0.2) is 23.1 Å². The van der Waals surface area contributed by atoms with Crippen molar-refractivity contribution in [3.8, 4) is 0 Å². The summed E-state index contributed by atoms with van der Waals surface area (Å²) < 4.78 is 26.7. The molecule has 0 radical (unpaired) electrons. The van der Waals surface area contributed by atoms with E-state index in [1.165, 1.54) is 10.4 Å². The van der Waals surface area contributed by atoms with Crippen LogP contribution in [0, 0.1) is 5.92 Å². The quantitative estimate of drug-likeness (QED) is 0.818. The van der Waals surface area contributed by atoms with E-state index in [2.05, 4.69) is 5.32 Å². The van der Waals surface area contributed by atoms with Crippen LogP contribution in [0.25, 0.3) is 0 Å². The highest BCUT2D eigenvalue weighted by atomic mass is 32.2. The van der Waals surface area contributed by atoms with E-state index in [1.807, 2.05) is 0 Å². The number of amides is 1. The normalized spacial score (nSPS) is 22.9. The lowest BCUT2D eigenvalue weighted by atomic mass is 10.0. The second kappa shape index (κ2) is 5.40. The monoisotopic (exact) mass is 309 g/mol. The van der Waals surface area contributed by atoms with Crippen LogP contribution in [-0.2, 0) is 16.4 Å². The summed E-state index contributed by atoms with van der Waals surface area (Å²) in [6.07, 6.45) is 1.53. The third-order valence-corrected chi connectivity index (χ3v) is 6.09. The minimum atomic E-state index is -3.54. The van der Waals surface area contributed by atoms with Crippen LogP contribution in [0.2, 0.25) is 0 Å². The van der Waals surface area contributed by atoms with Gasteiger partial charge < -0.3 is 11.1 Å². The zero-order valence-corrected chi connectivity index (χ0v) is 12.5. The first-order chi connectivity index (χ1) is 10.0. The summed E-state index contributed by atoms with van der Waals surface area (Å²) in [6.45, 7) is 2.05. The Morgan fingerprint density at radius 1 is 1.38 bits per heavy atom. The minimum absolute atomic E-state index is 0.191. The first kappa shape index (κ1) is 14.5. The Morgan fingerprint density at radius 2 is 2.19 bits per heavy atom. The molecule has 3 rings (SSSR count). The van der Waals surface area contributed by atoms with E-state index >= 15 is 0 Å². The molecule has 1 unspecified atom stereocenters. The molecule has 1 atom stereocenters. The van der Waals surface area contributed by atoms with Crippen molar-refractivity contribution in [3.63, 3.8) is 0 Å². The maximum atomic E-state index is 12.6. The molecule has 1 aromatic carbocycles. The van der Waals surface area contributed by atoms with Crippen LogP contribution in [-0.4, -0.2) is 44.8 Å². The summed E-state index contributed by atoms with van der Waals surface area (Å²) in [6, 6.07) is 4.84. The molecule has 1 amide bonds. The predicted octanol–water partition coefficient (Wildman–Crippen LogP) is -0.0582. The van der Waals surface area contributed by atoms with E-state index in [0.717, 1.165) is 18.4 Å². The van der Waals surface area contributed by atoms with E-state index in [4.69, 9.17) is 5.73 Å². The highest BCUT2D eigenvalue weighted by Gasteiger charge is 2.32. The molecule has 2 heterocycles. The number of nitrogens with one attached hydrogen (secondary N) is 1. The van der Waals surface area contributed by atoms with E-state index < -0.39 is 10.0 Å². The number of hydrogen-bond donors (Lipinski definition) is 2. The zero-order valence-electron chi connectivity index (χ0n) is 11.7. The van der Waals surface area contributed by atoms with Crippen molar-refractivity contribution < 1.29 is 13.2 Å². The van der Waals surface area contributed by atoms with Crippen LogP contribution in [0.5, 0.6) is 0 Å². The zero-order chi connectivity index (χ0) is 15.0. The molecule has 1 aromatic rings. The molecule has 2 aliphatic rings. The van der Waals surface area contributed by atoms with Gasteiger partial charge in [-0.15, -0.1) is 0 Å². The fourth-order valence-electron chi connectivity index (χ4n) is 2.91. The van der Waals surface area contributed by atoms with Gasteiger partial charge in [-0.25, -0.2) is 8.42 Å². The second-order valence-corrected chi connectivity index (χ2v) is 7.52. The molecule has 1 fully saturated rings. The van der Waals surface area contributed by atoms with Crippen molar-refractivity contribution >= 4 is 15.9 Å². The van der Waals surface area contributed by atoms with E-state index in [-0.39, 0.29) is 16.7 Å². The molecule has 0 spiro atoms. The minimum Gasteiger partial charge on any atom is -0.352 e. The lowest BCUT2D eigenvalue weighted by Crippen LogP contribution is -2.33. The first-order valence-corrected chi connectivity index (χ1v) is 8.57. The third kappa shape index (κ3) is 2.56. The molecule has 1 saturated heterocycles. The Balaban J connectivity index is 1.93. The van der Waals surface area contributed by atoms with Gasteiger partial charge in [0, 0.05) is 25.2 Å². The summed E-state index contributed by atoms with van der Waals surface area (Å²) in [5, 5.41) is 2.74. The largest absolute Gasteiger partial charge is 0.352 e. The van der Waals surface area contributed by atoms with E-state index in [0.29, 0.717) is 31.7 Å². The standard InChI is InChI=1S/C14H19N3O3S/c15-8-10-4-6-17(9-10)21(19,20)12-2-1-11-3-5-16-14(18)13(11)7-12/h1-2,7,10H,3-6,8-9,15H2,(H,16,18). The number of benzene rings is 1. The predicted molar refractivity (Wildman–Crippen MR) is 78.4 cm³/mol. The Morgan fingerprint density at radius 3 is 2.90 bits per heavy atom. The van der Waals surface area contributed by atoms with Crippen LogP contribution in [0.1, 0.15) is 22.3 Å². The van der Waals surface area contributed by atoms with Crippen molar-refractivity contribution in [2.45, 2.75) is 17.7 Å². The van der Waals surface area contributed by atoms with Gasteiger partial charge in [-0.3, -0.25) is 4.79 Å². The van der Waals surface area contributed by atoms with Crippen LogP contribution in [0.3, 0.4) is 0 Å². The average Bonchev–Trinajstić information content (AvgIpc) is 2.97. The van der Waals surface area contributed by atoms with Gasteiger partial charge in [-0.1, -0.05) is 6.07 Å². The maximum absolute atomic E-state index is 12.6. The fourth-order valence-corrected chi connectivity index (χ4v) is 4.47. The molecule has 7 heteroatoms. The lowest BCUT2D eigenvalue weighted by molar-refractivity contribution is 0.0945. The molecular formula is C14H19N3O3S. The third-order valence-electron chi connectivity index (χ3n) is 4.23. The molecule has 0 saturated carbocycles. The average molecular weight is 309 g/mol. The Labute approximate surface area is 124 Å². The highest BCUT2D eigenvalue weighted by Crippen LogP contribution is 2.26. The van der Waals surface area contributed by atoms with Crippen LogP contribution >= 0.6 is 0 Å². The number of nitrogens with zero attached hydrogens (tertiary/aromatic N) is 1. The molecule has 114 valence electrons. The van der Waals surface area contributed by atoms with Crippen molar-refractivity contribution in [2.24, 2.45) is 11.7 Å². The van der Waals surface area contributed by atoms with Gasteiger partial charge in [0.1, 0.15) is 0 Å². The molecule has 0 aliphatic carbocycles. The van der Waals surface area contributed by atoms with E-state index in [1.54, 1.807) is 12.1 Å². The summed E-state index contributed by atoms with van der Waals surface area (Å²) in [5.74, 6) is 0.0234. The summed E-state index contributed by atoms with van der Waals surface area (Å²) in [7, 11) is -3.54. The summed E-state index contributed by atoms with van der Waals surface area (Å²) >= 11 is 0. The van der Waals surface area contributed by atoms with Crippen molar-refractivity contribution in [2.75, 3.05) is 26.2 Å². The Hall–Kier alpha value is -1.44. The van der Waals surface area contributed by atoms with Crippen LogP contribution in [0.4, 0.5) is 0 Å². The van der Waals surface area contributed by atoms with Gasteiger partial charge in [-0.2, -0.15) is 4.31 Å². The summed E-state index contributed by atoms with van der Waals surface area (Å²) in [4.78, 5) is 12.0. The number of carbonyl (C=O) groups is 1. The number of sulfonamides is 1. The van der Waals surface area contributed by atoms with Crippen LogP contribution < -0.4 is 11.1 Å². The Bertz CT molecular complexity index is 672. The molecule has 3 N–H and O–H groups in total. The number of fused-ring (bicyclic) bond motifs is 1. The topological polar surface area (TPSA) is 92.5 Å². The Kier molecular flexibility index (Phi) is 3.73. The number of rotatable bonds is 3. The maximum Gasteiger partial charge on any atom is 0.251 e. The van der Waals surface area contributed by atoms with Gasteiger partial charge in [0.2, 0.25) is 10.0 Å². The highest BCUT2D eigenvalue weighted by molar-refractivity contribution is 7.89. The van der Waals surface area contributed by atoms with Gasteiger partial charge in [0.15, 0.2) is 0 Å².